The minimum absolute atomic E-state index is 0.0440. The minimum Gasteiger partial charge on any atom is -0.358 e. The lowest BCUT2D eigenvalue weighted by Crippen LogP contribution is -2.44. The Kier molecular flexibility index (Phi) is 5.02. The first-order chi connectivity index (χ1) is 9.52. The number of likely N-dealkylation sites (tertiary alicyclic amines) is 1. The van der Waals surface area contributed by atoms with Crippen LogP contribution >= 0.6 is 23.2 Å². The smallest absolute Gasteiger partial charge is 0.237 e. The van der Waals surface area contributed by atoms with Crippen molar-refractivity contribution in [1.82, 2.24) is 10.2 Å². The maximum atomic E-state index is 12.3. The van der Waals surface area contributed by atoms with Gasteiger partial charge in [-0.1, -0.05) is 23.2 Å². The molecule has 1 amide bonds. The van der Waals surface area contributed by atoms with Crippen molar-refractivity contribution in [3.63, 3.8) is 0 Å². The summed E-state index contributed by atoms with van der Waals surface area (Å²) in [4.78, 5) is 25.9. The lowest BCUT2D eigenvalue weighted by molar-refractivity contribution is -0.124. The van der Waals surface area contributed by atoms with E-state index in [1.54, 1.807) is 25.2 Å². The van der Waals surface area contributed by atoms with Crippen LogP contribution in [0.5, 0.6) is 0 Å². The van der Waals surface area contributed by atoms with E-state index < -0.39 is 0 Å². The largest absolute Gasteiger partial charge is 0.358 e. The van der Waals surface area contributed by atoms with Crippen LogP contribution in [0.25, 0.3) is 0 Å². The van der Waals surface area contributed by atoms with Crippen LogP contribution in [0.3, 0.4) is 0 Å². The van der Waals surface area contributed by atoms with Gasteiger partial charge in [0.05, 0.1) is 17.6 Å². The number of halogens is 2. The molecule has 1 unspecified atom stereocenters. The predicted octanol–water partition coefficient (Wildman–Crippen LogP) is 2.39. The van der Waals surface area contributed by atoms with Gasteiger partial charge in [-0.3, -0.25) is 14.5 Å². The van der Waals surface area contributed by atoms with Gasteiger partial charge < -0.3 is 5.32 Å². The molecule has 1 aliphatic rings. The standard InChI is InChI=1S/C14H16Cl2N2O2/c1-17-14(20)12-3-2-6-18(12)8-13(19)10-5-4-9(15)7-11(10)16/h4-5,7,12H,2-3,6,8H2,1H3,(H,17,20). The number of rotatable bonds is 4. The number of likely N-dealkylation sites (N-methyl/N-ethyl adjacent to an activating group) is 1. The Morgan fingerprint density at radius 2 is 2.15 bits per heavy atom. The van der Waals surface area contributed by atoms with Crippen LogP contribution in [-0.2, 0) is 4.79 Å². The first-order valence-electron chi connectivity index (χ1n) is 6.47. The van der Waals surface area contributed by atoms with Gasteiger partial charge in [0, 0.05) is 17.6 Å². The van der Waals surface area contributed by atoms with Gasteiger partial charge in [0.15, 0.2) is 5.78 Å². The molecule has 1 aromatic rings. The Morgan fingerprint density at radius 3 is 2.80 bits per heavy atom. The predicted molar refractivity (Wildman–Crippen MR) is 79.5 cm³/mol. The Morgan fingerprint density at radius 1 is 1.40 bits per heavy atom. The van der Waals surface area contributed by atoms with Crippen LogP contribution in [0, 0.1) is 0 Å². The van der Waals surface area contributed by atoms with Crippen LogP contribution in [-0.4, -0.2) is 42.8 Å². The molecule has 0 aliphatic carbocycles. The molecule has 4 nitrogen and oxygen atoms in total. The van der Waals surface area contributed by atoms with Crippen LogP contribution < -0.4 is 5.32 Å². The van der Waals surface area contributed by atoms with E-state index in [2.05, 4.69) is 5.32 Å². The van der Waals surface area contributed by atoms with E-state index in [1.807, 2.05) is 4.90 Å². The zero-order valence-electron chi connectivity index (χ0n) is 11.2. The zero-order valence-corrected chi connectivity index (χ0v) is 12.7. The topological polar surface area (TPSA) is 49.4 Å². The summed E-state index contributed by atoms with van der Waals surface area (Å²) >= 11 is 11.8. The van der Waals surface area contributed by atoms with Crippen LogP contribution in [0.2, 0.25) is 10.0 Å². The molecular formula is C14H16Cl2N2O2. The fraction of sp³-hybridized carbons (Fsp3) is 0.429. The molecule has 1 atom stereocenters. The second-order valence-corrected chi connectivity index (χ2v) is 5.63. The molecule has 1 aromatic carbocycles. The molecule has 1 N–H and O–H groups in total. The number of benzene rings is 1. The van der Waals surface area contributed by atoms with Gasteiger partial charge in [-0.25, -0.2) is 0 Å². The zero-order chi connectivity index (χ0) is 14.7. The van der Waals surface area contributed by atoms with E-state index in [9.17, 15) is 9.59 Å². The highest BCUT2D eigenvalue weighted by atomic mass is 35.5. The summed E-state index contributed by atoms with van der Waals surface area (Å²) in [7, 11) is 1.61. The van der Waals surface area contributed by atoms with Crippen LogP contribution in [0.1, 0.15) is 23.2 Å². The third kappa shape index (κ3) is 3.32. The van der Waals surface area contributed by atoms with Crippen molar-refractivity contribution in [3.05, 3.63) is 33.8 Å². The highest BCUT2D eigenvalue weighted by Gasteiger charge is 2.31. The highest BCUT2D eigenvalue weighted by Crippen LogP contribution is 2.23. The van der Waals surface area contributed by atoms with Crippen molar-refractivity contribution in [3.8, 4) is 0 Å². The molecule has 0 radical (unpaired) electrons. The summed E-state index contributed by atoms with van der Waals surface area (Å²) in [5.41, 5.74) is 0.443. The SMILES string of the molecule is CNC(=O)C1CCCN1CC(=O)c1ccc(Cl)cc1Cl. The Hall–Kier alpha value is -1.10. The monoisotopic (exact) mass is 314 g/mol. The summed E-state index contributed by atoms with van der Waals surface area (Å²) in [5.74, 6) is -0.139. The van der Waals surface area contributed by atoms with E-state index in [0.29, 0.717) is 15.6 Å². The quantitative estimate of drug-likeness (QED) is 0.868. The number of hydrogen-bond donors (Lipinski definition) is 1. The fourth-order valence-corrected chi connectivity index (χ4v) is 2.98. The van der Waals surface area contributed by atoms with Gasteiger partial charge in [-0.05, 0) is 37.6 Å². The molecular weight excluding hydrogens is 299 g/mol. The normalized spacial score (nSPS) is 19.1. The number of Topliss-reactive ketones (excluding diaryl/α,β-unsaturated/α-hetero) is 1. The van der Waals surface area contributed by atoms with E-state index in [4.69, 9.17) is 23.2 Å². The van der Waals surface area contributed by atoms with Crippen molar-refractivity contribution in [2.45, 2.75) is 18.9 Å². The molecule has 0 saturated carbocycles. The molecule has 1 aliphatic heterocycles. The Bertz CT molecular complexity index is 534. The van der Waals surface area contributed by atoms with Gasteiger partial charge in [0.2, 0.25) is 5.91 Å². The first-order valence-corrected chi connectivity index (χ1v) is 7.22. The lowest BCUT2D eigenvalue weighted by atomic mass is 10.1. The van der Waals surface area contributed by atoms with Crippen molar-refractivity contribution in [1.29, 1.82) is 0 Å². The second-order valence-electron chi connectivity index (χ2n) is 4.79. The van der Waals surface area contributed by atoms with Gasteiger partial charge in [0.1, 0.15) is 0 Å². The molecule has 0 spiro atoms. The number of amides is 1. The molecule has 1 heterocycles. The van der Waals surface area contributed by atoms with Gasteiger partial charge >= 0.3 is 0 Å². The third-order valence-corrected chi connectivity index (χ3v) is 4.04. The maximum Gasteiger partial charge on any atom is 0.237 e. The molecule has 0 bridgehead atoms. The van der Waals surface area contributed by atoms with E-state index >= 15 is 0 Å². The summed E-state index contributed by atoms with van der Waals surface area (Å²) < 4.78 is 0. The summed E-state index contributed by atoms with van der Waals surface area (Å²) in [6.45, 7) is 0.939. The number of carbonyl (C=O) groups is 2. The summed E-state index contributed by atoms with van der Waals surface area (Å²) in [6.07, 6.45) is 1.70. The molecule has 108 valence electrons. The van der Waals surface area contributed by atoms with Crippen molar-refractivity contribution in [2.24, 2.45) is 0 Å². The van der Waals surface area contributed by atoms with Gasteiger partial charge in [0.25, 0.3) is 0 Å². The van der Waals surface area contributed by atoms with Crippen LogP contribution in [0.4, 0.5) is 0 Å². The molecule has 0 aromatic heterocycles. The second kappa shape index (κ2) is 6.57. The number of hydrogen-bond acceptors (Lipinski definition) is 3. The highest BCUT2D eigenvalue weighted by molar-refractivity contribution is 6.36. The van der Waals surface area contributed by atoms with Gasteiger partial charge in [-0.15, -0.1) is 0 Å². The fourth-order valence-electron chi connectivity index (χ4n) is 2.46. The van der Waals surface area contributed by atoms with E-state index in [1.165, 1.54) is 0 Å². The molecule has 2 rings (SSSR count). The lowest BCUT2D eigenvalue weighted by Gasteiger charge is -2.22. The Labute approximate surface area is 128 Å². The number of nitrogens with zero attached hydrogens (tertiary/aromatic N) is 1. The van der Waals surface area contributed by atoms with Crippen molar-refractivity contribution >= 4 is 34.9 Å². The minimum atomic E-state index is -0.227. The average molecular weight is 315 g/mol. The number of nitrogens with one attached hydrogen (secondary N) is 1. The van der Waals surface area contributed by atoms with Crippen LogP contribution in [0.15, 0.2) is 18.2 Å². The number of ketones is 1. The maximum absolute atomic E-state index is 12.3. The summed E-state index contributed by atoms with van der Waals surface area (Å²) in [5, 5.41) is 3.48. The summed E-state index contributed by atoms with van der Waals surface area (Å²) in [6, 6.07) is 4.59. The molecule has 20 heavy (non-hydrogen) atoms. The average Bonchev–Trinajstić information content (AvgIpc) is 2.85. The first kappa shape index (κ1) is 15.3. The Balaban J connectivity index is 2.09. The van der Waals surface area contributed by atoms with Crippen molar-refractivity contribution < 1.29 is 9.59 Å². The van der Waals surface area contributed by atoms with E-state index in [0.717, 1.165) is 19.4 Å². The molecule has 1 saturated heterocycles. The van der Waals surface area contributed by atoms with Gasteiger partial charge in [-0.2, -0.15) is 0 Å². The van der Waals surface area contributed by atoms with E-state index in [-0.39, 0.29) is 24.3 Å². The third-order valence-electron chi connectivity index (χ3n) is 3.49. The molecule has 1 fully saturated rings. The number of carbonyl (C=O) groups excluding carboxylic acids is 2. The van der Waals surface area contributed by atoms with Crippen molar-refractivity contribution in [2.75, 3.05) is 20.1 Å². The molecule has 6 heteroatoms.